The van der Waals surface area contributed by atoms with Crippen molar-refractivity contribution in [2.75, 3.05) is 0 Å². The SMILES string of the molecule is CCC(CC)n1cc(C=O)c(-c2cccc(F)c2F)n1. The van der Waals surface area contributed by atoms with Gasteiger partial charge in [0.25, 0.3) is 0 Å². The molecule has 0 atom stereocenters. The molecule has 0 unspecified atom stereocenters. The van der Waals surface area contributed by atoms with Gasteiger partial charge in [0.1, 0.15) is 5.69 Å². The van der Waals surface area contributed by atoms with Crippen LogP contribution in [-0.2, 0) is 0 Å². The molecule has 0 radical (unpaired) electrons. The standard InChI is InChI=1S/C15H16F2N2O/c1-3-11(4-2)19-8-10(9-20)15(18-19)12-6-5-7-13(16)14(12)17/h5-9,11H,3-4H2,1-2H3. The molecule has 106 valence electrons. The van der Waals surface area contributed by atoms with Gasteiger partial charge in [-0.05, 0) is 25.0 Å². The lowest BCUT2D eigenvalue weighted by molar-refractivity contribution is 0.112. The van der Waals surface area contributed by atoms with E-state index >= 15 is 0 Å². The first-order chi connectivity index (χ1) is 9.62. The molecule has 0 saturated heterocycles. The maximum absolute atomic E-state index is 13.8. The average Bonchev–Trinajstić information content (AvgIpc) is 2.87. The van der Waals surface area contributed by atoms with Gasteiger partial charge in [-0.1, -0.05) is 19.9 Å². The normalized spacial score (nSPS) is 11.1. The van der Waals surface area contributed by atoms with Crippen LogP contribution in [0.3, 0.4) is 0 Å². The fourth-order valence-electron chi connectivity index (χ4n) is 2.24. The number of carbonyl (C=O) groups excluding carboxylic acids is 1. The number of carbonyl (C=O) groups is 1. The molecule has 3 nitrogen and oxygen atoms in total. The molecule has 0 amide bonds. The topological polar surface area (TPSA) is 34.9 Å². The van der Waals surface area contributed by atoms with E-state index in [1.807, 2.05) is 13.8 Å². The molecule has 0 bridgehead atoms. The maximum atomic E-state index is 13.8. The zero-order valence-corrected chi connectivity index (χ0v) is 11.4. The van der Waals surface area contributed by atoms with Gasteiger partial charge in [0.05, 0.1) is 11.6 Å². The van der Waals surface area contributed by atoms with Crippen molar-refractivity contribution in [2.45, 2.75) is 32.7 Å². The number of aromatic nitrogens is 2. The van der Waals surface area contributed by atoms with Gasteiger partial charge < -0.3 is 0 Å². The molecule has 0 spiro atoms. The van der Waals surface area contributed by atoms with Gasteiger partial charge in [0, 0.05) is 11.8 Å². The molecule has 0 aliphatic rings. The number of benzene rings is 1. The summed E-state index contributed by atoms with van der Waals surface area (Å²) in [6, 6.07) is 4.00. The van der Waals surface area contributed by atoms with Crippen molar-refractivity contribution in [3.8, 4) is 11.3 Å². The van der Waals surface area contributed by atoms with Crippen molar-refractivity contribution in [3.63, 3.8) is 0 Å². The minimum atomic E-state index is -0.981. The zero-order valence-electron chi connectivity index (χ0n) is 11.4. The van der Waals surface area contributed by atoms with Gasteiger partial charge in [0.2, 0.25) is 0 Å². The molecule has 0 saturated carbocycles. The lowest BCUT2D eigenvalue weighted by atomic mass is 10.1. The van der Waals surface area contributed by atoms with Crippen molar-refractivity contribution in [1.82, 2.24) is 9.78 Å². The van der Waals surface area contributed by atoms with Crippen molar-refractivity contribution >= 4 is 6.29 Å². The van der Waals surface area contributed by atoms with Crippen molar-refractivity contribution in [1.29, 1.82) is 0 Å². The summed E-state index contributed by atoms with van der Waals surface area (Å²) in [6.07, 6.45) is 3.90. The van der Waals surface area contributed by atoms with Crippen LogP contribution in [0, 0.1) is 11.6 Å². The van der Waals surface area contributed by atoms with Crippen LogP contribution < -0.4 is 0 Å². The lowest BCUT2D eigenvalue weighted by Gasteiger charge is -2.12. The Kier molecular flexibility index (Phi) is 4.27. The molecule has 1 aromatic carbocycles. The summed E-state index contributed by atoms with van der Waals surface area (Å²) in [7, 11) is 0. The Labute approximate surface area is 116 Å². The van der Waals surface area contributed by atoms with Gasteiger partial charge >= 0.3 is 0 Å². The molecule has 20 heavy (non-hydrogen) atoms. The monoisotopic (exact) mass is 278 g/mol. The molecular formula is C15H16F2N2O. The molecule has 1 heterocycles. The van der Waals surface area contributed by atoms with Crippen molar-refractivity contribution in [2.24, 2.45) is 0 Å². The van der Waals surface area contributed by atoms with Crippen molar-refractivity contribution < 1.29 is 13.6 Å². The quantitative estimate of drug-likeness (QED) is 0.775. The van der Waals surface area contributed by atoms with Crippen LogP contribution in [0.4, 0.5) is 8.78 Å². The minimum absolute atomic E-state index is 0.0109. The second-order valence-electron chi connectivity index (χ2n) is 4.60. The molecule has 0 N–H and O–H groups in total. The first-order valence-corrected chi connectivity index (χ1v) is 6.61. The van der Waals surface area contributed by atoms with Gasteiger partial charge in [0.15, 0.2) is 17.9 Å². The Hall–Kier alpha value is -2.04. The highest BCUT2D eigenvalue weighted by atomic mass is 19.2. The van der Waals surface area contributed by atoms with E-state index in [2.05, 4.69) is 5.10 Å². The summed E-state index contributed by atoms with van der Waals surface area (Å²) >= 11 is 0. The first kappa shape index (κ1) is 14.4. The second-order valence-corrected chi connectivity index (χ2v) is 4.60. The van der Waals surface area contributed by atoms with E-state index in [1.165, 1.54) is 12.1 Å². The summed E-state index contributed by atoms with van der Waals surface area (Å²) in [5, 5.41) is 4.27. The average molecular weight is 278 g/mol. The minimum Gasteiger partial charge on any atom is -0.298 e. The van der Waals surface area contributed by atoms with Crippen LogP contribution >= 0.6 is 0 Å². The predicted octanol–water partition coefficient (Wildman–Crippen LogP) is 4.00. The summed E-state index contributed by atoms with van der Waals surface area (Å²) in [4.78, 5) is 11.1. The fourth-order valence-corrected chi connectivity index (χ4v) is 2.24. The number of aldehydes is 1. The van der Waals surface area contributed by atoms with Crippen LogP contribution in [0.15, 0.2) is 24.4 Å². The number of hydrogen-bond acceptors (Lipinski definition) is 2. The van der Waals surface area contributed by atoms with E-state index in [1.54, 1.807) is 10.9 Å². The van der Waals surface area contributed by atoms with Crippen LogP contribution in [0.2, 0.25) is 0 Å². The summed E-state index contributed by atoms with van der Waals surface area (Å²) in [6.45, 7) is 4.03. The van der Waals surface area contributed by atoms with E-state index in [-0.39, 0.29) is 22.9 Å². The van der Waals surface area contributed by atoms with Crippen molar-refractivity contribution in [3.05, 3.63) is 41.6 Å². The highest BCUT2D eigenvalue weighted by Gasteiger charge is 2.18. The molecule has 1 aromatic heterocycles. The van der Waals surface area contributed by atoms with Gasteiger partial charge in [-0.3, -0.25) is 9.48 Å². The molecule has 0 aliphatic carbocycles. The number of halogens is 2. The molecule has 0 fully saturated rings. The second kappa shape index (κ2) is 5.94. The van der Waals surface area contributed by atoms with Gasteiger partial charge in [-0.2, -0.15) is 5.10 Å². The van der Waals surface area contributed by atoms with E-state index in [9.17, 15) is 13.6 Å². The van der Waals surface area contributed by atoms with E-state index < -0.39 is 11.6 Å². The summed E-state index contributed by atoms with van der Waals surface area (Å²) in [5.41, 5.74) is 0.460. The molecule has 5 heteroatoms. The smallest absolute Gasteiger partial charge is 0.168 e. The van der Waals surface area contributed by atoms with Gasteiger partial charge in [-0.15, -0.1) is 0 Å². The fraction of sp³-hybridized carbons (Fsp3) is 0.333. The lowest BCUT2D eigenvalue weighted by Crippen LogP contribution is -2.07. The Morgan fingerprint density at radius 1 is 1.30 bits per heavy atom. The third-order valence-corrected chi connectivity index (χ3v) is 3.41. The van der Waals surface area contributed by atoms with Crippen LogP contribution in [0.25, 0.3) is 11.3 Å². The highest BCUT2D eigenvalue weighted by Crippen LogP contribution is 2.27. The third kappa shape index (κ3) is 2.48. The zero-order chi connectivity index (χ0) is 14.7. The Morgan fingerprint density at radius 2 is 2.00 bits per heavy atom. The van der Waals surface area contributed by atoms with E-state index in [0.717, 1.165) is 18.9 Å². The van der Waals surface area contributed by atoms with Crippen LogP contribution in [0.1, 0.15) is 43.1 Å². The summed E-state index contributed by atoms with van der Waals surface area (Å²) in [5.74, 6) is -1.93. The largest absolute Gasteiger partial charge is 0.298 e. The van der Waals surface area contributed by atoms with E-state index in [0.29, 0.717) is 6.29 Å². The van der Waals surface area contributed by atoms with Gasteiger partial charge in [-0.25, -0.2) is 8.78 Å². The highest BCUT2D eigenvalue weighted by molar-refractivity contribution is 5.85. The third-order valence-electron chi connectivity index (χ3n) is 3.41. The van der Waals surface area contributed by atoms with Crippen LogP contribution in [-0.4, -0.2) is 16.1 Å². The molecule has 2 rings (SSSR count). The number of hydrogen-bond donors (Lipinski definition) is 0. The Balaban J connectivity index is 2.56. The molecule has 2 aromatic rings. The van der Waals surface area contributed by atoms with E-state index in [4.69, 9.17) is 0 Å². The Bertz CT molecular complexity index is 618. The predicted molar refractivity (Wildman–Crippen MR) is 72.6 cm³/mol. The Morgan fingerprint density at radius 3 is 2.60 bits per heavy atom. The maximum Gasteiger partial charge on any atom is 0.168 e. The first-order valence-electron chi connectivity index (χ1n) is 6.61. The summed E-state index contributed by atoms with van der Waals surface area (Å²) < 4.78 is 28.8. The number of nitrogens with zero attached hydrogens (tertiary/aromatic N) is 2. The van der Waals surface area contributed by atoms with Crippen LogP contribution in [0.5, 0.6) is 0 Å². The molecule has 0 aliphatic heterocycles. The molecular weight excluding hydrogens is 262 g/mol. The number of rotatable bonds is 5.